The number of aryl methyl sites for hydroxylation is 1. The number of rotatable bonds is 9. The molecule has 0 saturated heterocycles. The highest BCUT2D eigenvalue weighted by Crippen LogP contribution is 2.28. The molecule has 0 amide bonds. The zero-order valence-corrected chi connectivity index (χ0v) is 12.5. The van der Waals surface area contributed by atoms with Crippen LogP contribution in [0, 0.1) is 5.92 Å². The molecule has 104 valence electrons. The van der Waals surface area contributed by atoms with Crippen LogP contribution in [0.25, 0.3) is 0 Å². The van der Waals surface area contributed by atoms with E-state index < -0.39 is 0 Å². The summed E-state index contributed by atoms with van der Waals surface area (Å²) < 4.78 is 5.58. The summed E-state index contributed by atoms with van der Waals surface area (Å²) in [6.45, 7) is 10.1. The van der Waals surface area contributed by atoms with Crippen LogP contribution in [0.4, 0.5) is 0 Å². The Hall–Kier alpha value is -0.760. The van der Waals surface area contributed by atoms with Crippen molar-refractivity contribution >= 4 is 0 Å². The predicted molar refractivity (Wildman–Crippen MR) is 77.8 cm³/mol. The molecule has 0 aliphatic rings. The average Bonchev–Trinajstić information content (AvgIpc) is 2.87. The van der Waals surface area contributed by atoms with E-state index in [2.05, 4.69) is 39.1 Å². The third kappa shape index (κ3) is 4.16. The first kappa shape index (κ1) is 15.3. The van der Waals surface area contributed by atoms with Crippen molar-refractivity contribution in [2.45, 2.75) is 65.8 Å². The van der Waals surface area contributed by atoms with Crippen molar-refractivity contribution in [1.82, 2.24) is 5.32 Å². The topological polar surface area (TPSA) is 25.2 Å². The quantitative estimate of drug-likeness (QED) is 0.687. The molecule has 0 spiro atoms. The molecule has 2 nitrogen and oxygen atoms in total. The molecule has 18 heavy (non-hydrogen) atoms. The molecular weight excluding hydrogens is 222 g/mol. The van der Waals surface area contributed by atoms with E-state index in [4.69, 9.17) is 4.42 Å². The second-order valence-electron chi connectivity index (χ2n) is 5.08. The lowest BCUT2D eigenvalue weighted by molar-refractivity contribution is 0.366. The molecule has 1 atom stereocenters. The molecule has 0 aliphatic heterocycles. The molecule has 2 heteroatoms. The Labute approximate surface area is 112 Å². The maximum Gasteiger partial charge on any atom is 0.108 e. The van der Waals surface area contributed by atoms with Crippen LogP contribution in [0.1, 0.15) is 70.7 Å². The van der Waals surface area contributed by atoms with Gasteiger partial charge in [0.15, 0.2) is 0 Å². The molecule has 1 unspecified atom stereocenters. The Bertz CT molecular complexity index is 315. The SMILES string of the molecule is CCCNC(CC(CC)CC)c1ccoc1CC. The van der Waals surface area contributed by atoms with Gasteiger partial charge in [-0.3, -0.25) is 0 Å². The van der Waals surface area contributed by atoms with Crippen LogP contribution in [0.3, 0.4) is 0 Å². The van der Waals surface area contributed by atoms with Crippen LogP contribution in [0.15, 0.2) is 16.7 Å². The molecule has 1 rings (SSSR count). The van der Waals surface area contributed by atoms with Crippen molar-refractivity contribution < 1.29 is 4.42 Å². The smallest absolute Gasteiger partial charge is 0.108 e. The van der Waals surface area contributed by atoms with E-state index in [0.717, 1.165) is 24.6 Å². The lowest BCUT2D eigenvalue weighted by Gasteiger charge is -2.23. The highest BCUT2D eigenvalue weighted by molar-refractivity contribution is 5.21. The fourth-order valence-electron chi connectivity index (χ4n) is 2.54. The Balaban J connectivity index is 2.76. The van der Waals surface area contributed by atoms with Gasteiger partial charge in [-0.15, -0.1) is 0 Å². The highest BCUT2D eigenvalue weighted by Gasteiger charge is 2.19. The monoisotopic (exact) mass is 251 g/mol. The van der Waals surface area contributed by atoms with Gasteiger partial charge in [0.05, 0.1) is 6.26 Å². The standard InChI is InChI=1S/C16H29NO/c1-5-10-17-15(12-13(6-2)7-3)14-9-11-18-16(14)8-4/h9,11,13,15,17H,5-8,10,12H2,1-4H3. The van der Waals surface area contributed by atoms with Crippen LogP contribution in [0.2, 0.25) is 0 Å². The normalized spacial score (nSPS) is 13.2. The van der Waals surface area contributed by atoms with Crippen molar-refractivity contribution in [2.24, 2.45) is 5.92 Å². The number of hydrogen-bond acceptors (Lipinski definition) is 2. The summed E-state index contributed by atoms with van der Waals surface area (Å²) in [5.74, 6) is 1.95. The van der Waals surface area contributed by atoms with Gasteiger partial charge in [0.2, 0.25) is 0 Å². The maximum absolute atomic E-state index is 5.58. The molecule has 0 aromatic carbocycles. The Kier molecular flexibility index (Phi) is 7.11. The first-order valence-corrected chi connectivity index (χ1v) is 7.56. The summed E-state index contributed by atoms with van der Waals surface area (Å²) in [7, 11) is 0. The molecule has 0 saturated carbocycles. The second-order valence-corrected chi connectivity index (χ2v) is 5.08. The van der Waals surface area contributed by atoms with Gasteiger partial charge in [0.1, 0.15) is 5.76 Å². The first-order valence-electron chi connectivity index (χ1n) is 7.56. The first-order chi connectivity index (χ1) is 8.76. The second kappa shape index (κ2) is 8.36. The largest absolute Gasteiger partial charge is 0.469 e. The van der Waals surface area contributed by atoms with Crippen molar-refractivity contribution in [3.8, 4) is 0 Å². The van der Waals surface area contributed by atoms with Crippen LogP contribution < -0.4 is 5.32 Å². The van der Waals surface area contributed by atoms with Crippen molar-refractivity contribution in [2.75, 3.05) is 6.54 Å². The zero-order chi connectivity index (χ0) is 13.4. The van der Waals surface area contributed by atoms with Crippen molar-refractivity contribution in [1.29, 1.82) is 0 Å². The van der Waals surface area contributed by atoms with Gasteiger partial charge in [-0.25, -0.2) is 0 Å². The highest BCUT2D eigenvalue weighted by atomic mass is 16.3. The van der Waals surface area contributed by atoms with Gasteiger partial charge in [0, 0.05) is 18.0 Å². The van der Waals surface area contributed by atoms with Gasteiger partial charge in [0.25, 0.3) is 0 Å². The van der Waals surface area contributed by atoms with E-state index in [1.165, 1.54) is 31.2 Å². The minimum atomic E-state index is 0.462. The van der Waals surface area contributed by atoms with Gasteiger partial charge < -0.3 is 9.73 Å². The average molecular weight is 251 g/mol. The van der Waals surface area contributed by atoms with Crippen LogP contribution in [-0.2, 0) is 6.42 Å². The van der Waals surface area contributed by atoms with Crippen LogP contribution >= 0.6 is 0 Å². The molecular formula is C16H29NO. The molecule has 1 heterocycles. The third-order valence-electron chi connectivity index (χ3n) is 3.84. The summed E-state index contributed by atoms with van der Waals surface area (Å²) in [6, 6.07) is 2.61. The third-order valence-corrected chi connectivity index (χ3v) is 3.84. The Morgan fingerprint density at radius 1 is 1.17 bits per heavy atom. The van der Waals surface area contributed by atoms with E-state index >= 15 is 0 Å². The Morgan fingerprint density at radius 3 is 2.44 bits per heavy atom. The molecule has 0 bridgehead atoms. The summed E-state index contributed by atoms with van der Waals surface area (Å²) in [4.78, 5) is 0. The molecule has 0 aliphatic carbocycles. The van der Waals surface area contributed by atoms with E-state index in [0.29, 0.717) is 6.04 Å². The van der Waals surface area contributed by atoms with Gasteiger partial charge >= 0.3 is 0 Å². The minimum Gasteiger partial charge on any atom is -0.469 e. The van der Waals surface area contributed by atoms with Crippen LogP contribution in [0.5, 0.6) is 0 Å². The molecule has 1 aromatic heterocycles. The van der Waals surface area contributed by atoms with Gasteiger partial charge in [-0.05, 0) is 31.4 Å². The molecule has 1 N–H and O–H groups in total. The van der Waals surface area contributed by atoms with E-state index in [1.54, 1.807) is 0 Å². The predicted octanol–water partition coefficient (Wildman–Crippen LogP) is 4.71. The fourth-order valence-corrected chi connectivity index (χ4v) is 2.54. The summed E-state index contributed by atoms with van der Waals surface area (Å²) in [5, 5.41) is 3.69. The van der Waals surface area contributed by atoms with Crippen molar-refractivity contribution in [3.05, 3.63) is 23.7 Å². The molecule has 0 fully saturated rings. The molecule has 0 radical (unpaired) electrons. The van der Waals surface area contributed by atoms with Crippen LogP contribution in [-0.4, -0.2) is 6.54 Å². The summed E-state index contributed by atoms with van der Waals surface area (Å²) >= 11 is 0. The maximum atomic E-state index is 5.58. The number of furan rings is 1. The van der Waals surface area contributed by atoms with Gasteiger partial charge in [-0.2, -0.15) is 0 Å². The fraction of sp³-hybridized carbons (Fsp3) is 0.750. The van der Waals surface area contributed by atoms with Gasteiger partial charge in [-0.1, -0.05) is 40.5 Å². The van der Waals surface area contributed by atoms with E-state index in [9.17, 15) is 0 Å². The summed E-state index contributed by atoms with van der Waals surface area (Å²) in [6.07, 6.45) is 7.75. The lowest BCUT2D eigenvalue weighted by atomic mass is 9.91. The number of hydrogen-bond donors (Lipinski definition) is 1. The lowest BCUT2D eigenvalue weighted by Crippen LogP contribution is -2.24. The molecule has 1 aromatic rings. The Morgan fingerprint density at radius 2 is 1.89 bits per heavy atom. The minimum absolute atomic E-state index is 0.462. The van der Waals surface area contributed by atoms with Crippen molar-refractivity contribution in [3.63, 3.8) is 0 Å². The van der Waals surface area contributed by atoms with E-state index in [-0.39, 0.29) is 0 Å². The number of nitrogens with one attached hydrogen (secondary N) is 1. The summed E-state index contributed by atoms with van der Waals surface area (Å²) in [5.41, 5.74) is 1.37. The zero-order valence-electron chi connectivity index (χ0n) is 12.5. The van der Waals surface area contributed by atoms with E-state index in [1.807, 2.05) is 6.26 Å².